The monoisotopic (exact) mass is 266 g/mol. The first kappa shape index (κ1) is 10.4. The van der Waals surface area contributed by atoms with Crippen LogP contribution in [0, 0.1) is 6.92 Å². The Bertz CT molecular complexity index is 479. The Balaban J connectivity index is 2.55. The van der Waals surface area contributed by atoms with Gasteiger partial charge in [0.1, 0.15) is 0 Å². The molecule has 0 bridgehead atoms. The molecule has 1 aromatic carbocycles. The molecule has 0 amide bonds. The fourth-order valence-electron chi connectivity index (χ4n) is 1.43. The van der Waals surface area contributed by atoms with Gasteiger partial charge in [-0.25, -0.2) is 4.68 Å². The highest BCUT2D eigenvalue weighted by atomic mass is 79.9. The quantitative estimate of drug-likeness (QED) is 0.907. The van der Waals surface area contributed by atoms with Crippen LogP contribution in [0.15, 0.2) is 34.9 Å². The smallest absolute Gasteiger partial charge is 0.0712 e. The van der Waals surface area contributed by atoms with Crippen molar-refractivity contribution in [2.24, 2.45) is 0 Å². The number of aromatic nitrogens is 2. The van der Waals surface area contributed by atoms with Gasteiger partial charge in [0.05, 0.1) is 18.0 Å². The average Bonchev–Trinajstić information content (AvgIpc) is 2.65. The van der Waals surface area contributed by atoms with Gasteiger partial charge in [0.2, 0.25) is 0 Å². The normalized spacial score (nSPS) is 10.6. The van der Waals surface area contributed by atoms with Crippen molar-refractivity contribution in [2.75, 3.05) is 0 Å². The summed E-state index contributed by atoms with van der Waals surface area (Å²) in [5.41, 5.74) is 2.72. The van der Waals surface area contributed by atoms with Crippen LogP contribution in [-0.4, -0.2) is 14.9 Å². The summed E-state index contributed by atoms with van der Waals surface area (Å²) < 4.78 is 2.74. The summed E-state index contributed by atoms with van der Waals surface area (Å²) in [6.45, 7) is 1.95. The maximum Gasteiger partial charge on any atom is 0.0712 e. The maximum absolute atomic E-state index is 9.22. The van der Waals surface area contributed by atoms with Gasteiger partial charge in [-0.15, -0.1) is 0 Å². The van der Waals surface area contributed by atoms with E-state index in [0.29, 0.717) is 0 Å². The standard InChI is InChI=1S/C11H11BrN2O/c1-8-4-5-14(13-8)11-6-10(12)3-2-9(11)7-15/h2-6,15H,7H2,1H3. The molecule has 2 aromatic rings. The van der Waals surface area contributed by atoms with Gasteiger partial charge in [0.25, 0.3) is 0 Å². The van der Waals surface area contributed by atoms with E-state index in [-0.39, 0.29) is 6.61 Å². The lowest BCUT2D eigenvalue weighted by Gasteiger charge is -2.07. The third-order valence-electron chi connectivity index (χ3n) is 2.19. The van der Waals surface area contributed by atoms with Crippen molar-refractivity contribution >= 4 is 15.9 Å². The highest BCUT2D eigenvalue weighted by Gasteiger charge is 2.05. The lowest BCUT2D eigenvalue weighted by atomic mass is 10.2. The van der Waals surface area contributed by atoms with Crippen LogP contribution < -0.4 is 0 Å². The number of aliphatic hydroxyl groups is 1. The molecule has 4 heteroatoms. The van der Waals surface area contributed by atoms with Crippen LogP contribution in [0.3, 0.4) is 0 Å². The molecule has 1 aromatic heterocycles. The summed E-state index contributed by atoms with van der Waals surface area (Å²) in [5, 5.41) is 13.5. The van der Waals surface area contributed by atoms with Crippen molar-refractivity contribution in [2.45, 2.75) is 13.5 Å². The largest absolute Gasteiger partial charge is 0.392 e. The van der Waals surface area contributed by atoms with Crippen molar-refractivity contribution in [3.8, 4) is 5.69 Å². The van der Waals surface area contributed by atoms with E-state index >= 15 is 0 Å². The van der Waals surface area contributed by atoms with Crippen LogP contribution in [0.5, 0.6) is 0 Å². The predicted molar refractivity (Wildman–Crippen MR) is 61.9 cm³/mol. The molecular formula is C11H11BrN2O. The number of aryl methyl sites for hydroxylation is 1. The number of hydrogen-bond acceptors (Lipinski definition) is 2. The molecule has 0 aliphatic heterocycles. The molecule has 0 aliphatic carbocycles. The van der Waals surface area contributed by atoms with Crippen LogP contribution in [0.25, 0.3) is 5.69 Å². The molecule has 1 N–H and O–H groups in total. The molecule has 0 aliphatic rings. The van der Waals surface area contributed by atoms with E-state index in [9.17, 15) is 5.11 Å². The van der Waals surface area contributed by atoms with Gasteiger partial charge in [-0.2, -0.15) is 5.10 Å². The lowest BCUT2D eigenvalue weighted by molar-refractivity contribution is 0.281. The van der Waals surface area contributed by atoms with Gasteiger partial charge < -0.3 is 5.11 Å². The molecule has 0 radical (unpaired) electrons. The van der Waals surface area contributed by atoms with Crippen molar-refractivity contribution in [3.63, 3.8) is 0 Å². The molecule has 2 rings (SSSR count). The predicted octanol–water partition coefficient (Wildman–Crippen LogP) is 2.44. The first-order valence-corrected chi connectivity index (χ1v) is 5.42. The number of nitrogens with zero attached hydrogens (tertiary/aromatic N) is 2. The molecule has 0 unspecified atom stereocenters. The van der Waals surface area contributed by atoms with Crippen LogP contribution in [-0.2, 0) is 6.61 Å². The third-order valence-corrected chi connectivity index (χ3v) is 2.68. The average molecular weight is 267 g/mol. The van der Waals surface area contributed by atoms with Gasteiger partial charge in [0, 0.05) is 16.2 Å². The molecule has 1 heterocycles. The Labute approximate surface area is 96.5 Å². The second-order valence-corrected chi connectivity index (χ2v) is 4.25. The molecule has 0 atom stereocenters. The van der Waals surface area contributed by atoms with E-state index in [1.807, 2.05) is 37.4 Å². The van der Waals surface area contributed by atoms with Crippen molar-refractivity contribution < 1.29 is 5.11 Å². The van der Waals surface area contributed by atoms with Crippen LogP contribution in [0.4, 0.5) is 0 Å². The van der Waals surface area contributed by atoms with Crippen molar-refractivity contribution in [1.29, 1.82) is 0 Å². The van der Waals surface area contributed by atoms with Gasteiger partial charge in [-0.1, -0.05) is 22.0 Å². The number of aliphatic hydroxyl groups excluding tert-OH is 1. The Morgan fingerprint density at radius 1 is 1.40 bits per heavy atom. The molecule has 0 saturated heterocycles. The van der Waals surface area contributed by atoms with E-state index in [1.165, 1.54) is 0 Å². The Hall–Kier alpha value is -1.13. The highest BCUT2D eigenvalue weighted by Crippen LogP contribution is 2.20. The topological polar surface area (TPSA) is 38.0 Å². The van der Waals surface area contributed by atoms with E-state index in [4.69, 9.17) is 0 Å². The first-order chi connectivity index (χ1) is 7.20. The van der Waals surface area contributed by atoms with Crippen molar-refractivity contribution in [3.05, 3.63) is 46.2 Å². The number of rotatable bonds is 2. The van der Waals surface area contributed by atoms with Crippen molar-refractivity contribution in [1.82, 2.24) is 9.78 Å². The zero-order chi connectivity index (χ0) is 10.8. The lowest BCUT2D eigenvalue weighted by Crippen LogP contribution is -2.00. The molecule has 0 spiro atoms. The molecule has 0 fully saturated rings. The molecule has 78 valence electrons. The summed E-state index contributed by atoms with van der Waals surface area (Å²) >= 11 is 3.41. The van der Waals surface area contributed by atoms with Gasteiger partial charge in [-0.05, 0) is 25.1 Å². The van der Waals surface area contributed by atoms with Crippen LogP contribution >= 0.6 is 15.9 Å². The fourth-order valence-corrected chi connectivity index (χ4v) is 1.78. The summed E-state index contributed by atoms with van der Waals surface area (Å²) in [7, 11) is 0. The number of halogens is 1. The van der Waals surface area contributed by atoms with Gasteiger partial charge in [0.15, 0.2) is 0 Å². The minimum Gasteiger partial charge on any atom is -0.392 e. The van der Waals surface area contributed by atoms with Gasteiger partial charge >= 0.3 is 0 Å². The highest BCUT2D eigenvalue weighted by molar-refractivity contribution is 9.10. The summed E-state index contributed by atoms with van der Waals surface area (Å²) in [4.78, 5) is 0. The maximum atomic E-state index is 9.22. The molecular weight excluding hydrogens is 256 g/mol. The van der Waals surface area contributed by atoms with Crippen LogP contribution in [0.1, 0.15) is 11.3 Å². The molecule has 3 nitrogen and oxygen atoms in total. The summed E-state index contributed by atoms with van der Waals surface area (Å²) in [5.74, 6) is 0. The van der Waals surface area contributed by atoms with E-state index in [0.717, 1.165) is 21.4 Å². The zero-order valence-corrected chi connectivity index (χ0v) is 9.90. The SMILES string of the molecule is Cc1ccn(-c2cc(Br)ccc2CO)n1. The Morgan fingerprint density at radius 3 is 2.80 bits per heavy atom. The van der Waals surface area contributed by atoms with Crippen LogP contribution in [0.2, 0.25) is 0 Å². The Kier molecular flexibility index (Phi) is 2.88. The van der Waals surface area contributed by atoms with E-state index in [2.05, 4.69) is 21.0 Å². The summed E-state index contributed by atoms with van der Waals surface area (Å²) in [6.07, 6.45) is 1.89. The van der Waals surface area contributed by atoms with E-state index < -0.39 is 0 Å². The second kappa shape index (κ2) is 4.16. The summed E-state index contributed by atoms with van der Waals surface area (Å²) in [6, 6.07) is 7.67. The first-order valence-electron chi connectivity index (χ1n) is 4.62. The van der Waals surface area contributed by atoms with Gasteiger partial charge in [-0.3, -0.25) is 0 Å². The third kappa shape index (κ3) is 2.11. The molecule has 15 heavy (non-hydrogen) atoms. The Morgan fingerprint density at radius 2 is 2.20 bits per heavy atom. The zero-order valence-electron chi connectivity index (χ0n) is 8.31. The minimum atomic E-state index is 0.0154. The number of hydrogen-bond donors (Lipinski definition) is 1. The minimum absolute atomic E-state index is 0.0154. The number of benzene rings is 1. The van der Waals surface area contributed by atoms with E-state index in [1.54, 1.807) is 4.68 Å². The fraction of sp³-hybridized carbons (Fsp3) is 0.182. The second-order valence-electron chi connectivity index (χ2n) is 3.33. The molecule has 0 saturated carbocycles.